The summed E-state index contributed by atoms with van der Waals surface area (Å²) in [5.74, 6) is 6.45. The van der Waals surface area contributed by atoms with Gasteiger partial charge in [-0.2, -0.15) is 0 Å². The fourth-order valence-corrected chi connectivity index (χ4v) is 4.84. The Morgan fingerprint density at radius 3 is 2.21 bits per heavy atom. The second-order valence-electron chi connectivity index (χ2n) is 8.05. The van der Waals surface area contributed by atoms with Crippen molar-refractivity contribution in [2.45, 2.75) is 31.3 Å². The Balaban J connectivity index is 1.36. The van der Waals surface area contributed by atoms with Gasteiger partial charge in [-0.3, -0.25) is 14.5 Å². The molecule has 3 aromatic rings. The van der Waals surface area contributed by atoms with Crippen molar-refractivity contribution < 1.29 is 14.7 Å². The number of imide groups is 1. The third-order valence-corrected chi connectivity index (χ3v) is 6.93. The number of aryl methyl sites for hydroxylation is 2. The molecule has 0 aliphatic carbocycles. The number of amides is 2. The molecule has 1 unspecified atom stereocenters. The van der Waals surface area contributed by atoms with Gasteiger partial charge in [0, 0.05) is 17.0 Å². The van der Waals surface area contributed by atoms with Crippen molar-refractivity contribution in [1.82, 2.24) is 4.90 Å². The molecule has 5 heteroatoms. The number of carbonyl (C=O) groups excluding carboxylic acids is 2. The molecule has 1 aliphatic heterocycles. The molecular formula is C28H25NO3S. The molecule has 166 valence electrons. The number of carbonyl (C=O) groups is 2. The van der Waals surface area contributed by atoms with Crippen LogP contribution >= 0.6 is 11.8 Å². The summed E-state index contributed by atoms with van der Waals surface area (Å²) >= 11 is 1.73. The van der Waals surface area contributed by atoms with E-state index in [0.717, 1.165) is 11.1 Å². The fourth-order valence-electron chi connectivity index (χ4n) is 3.96. The van der Waals surface area contributed by atoms with Gasteiger partial charge in [-0.05, 0) is 61.2 Å². The molecule has 0 aromatic heterocycles. The molecule has 0 saturated heterocycles. The second-order valence-corrected chi connectivity index (χ2v) is 9.03. The van der Waals surface area contributed by atoms with E-state index in [9.17, 15) is 14.7 Å². The van der Waals surface area contributed by atoms with Gasteiger partial charge in [0.15, 0.2) is 0 Å². The molecule has 4 nitrogen and oxygen atoms in total. The summed E-state index contributed by atoms with van der Waals surface area (Å²) in [5, 5.41) is 10.7. The molecule has 33 heavy (non-hydrogen) atoms. The number of rotatable bonds is 6. The van der Waals surface area contributed by atoms with Crippen LogP contribution < -0.4 is 0 Å². The third-order valence-electron chi connectivity index (χ3n) is 5.71. The van der Waals surface area contributed by atoms with Crippen LogP contribution in [0.5, 0.6) is 0 Å². The largest absolute Gasteiger partial charge is 0.388 e. The van der Waals surface area contributed by atoms with Crippen molar-refractivity contribution >= 4 is 23.6 Å². The molecule has 0 saturated carbocycles. The Morgan fingerprint density at radius 2 is 1.55 bits per heavy atom. The van der Waals surface area contributed by atoms with E-state index in [2.05, 4.69) is 43.9 Å². The normalized spacial score (nSPS) is 13.5. The number of benzene rings is 3. The minimum absolute atomic E-state index is 0.163. The number of thioether (sulfide) groups is 1. The van der Waals surface area contributed by atoms with E-state index in [4.69, 9.17) is 0 Å². The number of aliphatic hydroxyl groups excluding tert-OH is 1. The van der Waals surface area contributed by atoms with Crippen LogP contribution in [0.1, 0.15) is 55.5 Å². The zero-order valence-electron chi connectivity index (χ0n) is 18.7. The standard InChI is InChI=1S/C28H25NO3S/c1-19-8-5-9-20(2)26(19)33-17-7-11-21-10-6-12-22(18-21)25(30)15-16-29-27(31)23-13-3-4-14-24(23)28(29)32/h3-6,8-10,12-14,18,25,30H,15-17H2,1-2H3. The highest BCUT2D eigenvalue weighted by Crippen LogP contribution is 2.26. The van der Waals surface area contributed by atoms with Crippen LogP contribution in [0.25, 0.3) is 0 Å². The zero-order chi connectivity index (χ0) is 23.4. The van der Waals surface area contributed by atoms with Crippen molar-refractivity contribution in [3.8, 4) is 11.8 Å². The number of hydrogen-bond donors (Lipinski definition) is 1. The number of nitrogens with zero attached hydrogens (tertiary/aromatic N) is 1. The Morgan fingerprint density at radius 1 is 0.909 bits per heavy atom. The third kappa shape index (κ3) is 5.03. The van der Waals surface area contributed by atoms with E-state index in [0.29, 0.717) is 16.9 Å². The highest BCUT2D eigenvalue weighted by atomic mass is 32.2. The summed E-state index contributed by atoms with van der Waals surface area (Å²) in [6, 6.07) is 20.6. The van der Waals surface area contributed by atoms with Gasteiger partial charge in [-0.1, -0.05) is 54.3 Å². The van der Waals surface area contributed by atoms with Crippen LogP contribution in [0.3, 0.4) is 0 Å². The minimum atomic E-state index is -0.792. The number of hydrogen-bond acceptors (Lipinski definition) is 4. The van der Waals surface area contributed by atoms with Gasteiger partial charge in [-0.15, -0.1) is 11.8 Å². The maximum atomic E-state index is 12.5. The van der Waals surface area contributed by atoms with Crippen LogP contribution in [0.15, 0.2) is 71.6 Å². The molecule has 4 rings (SSSR count). The average molecular weight is 456 g/mol. The first-order valence-electron chi connectivity index (χ1n) is 10.9. The summed E-state index contributed by atoms with van der Waals surface area (Å²) < 4.78 is 0. The van der Waals surface area contributed by atoms with Crippen LogP contribution in [-0.4, -0.2) is 34.1 Å². The molecule has 1 atom stereocenters. The maximum Gasteiger partial charge on any atom is 0.261 e. The van der Waals surface area contributed by atoms with Gasteiger partial charge >= 0.3 is 0 Å². The van der Waals surface area contributed by atoms with Gasteiger partial charge in [0.25, 0.3) is 11.8 Å². The number of aliphatic hydroxyl groups is 1. The van der Waals surface area contributed by atoms with Crippen molar-refractivity contribution in [2.75, 3.05) is 12.3 Å². The summed E-state index contributed by atoms with van der Waals surface area (Å²) in [7, 11) is 0. The van der Waals surface area contributed by atoms with Gasteiger partial charge in [0.2, 0.25) is 0 Å². The van der Waals surface area contributed by atoms with Crippen molar-refractivity contribution in [2.24, 2.45) is 0 Å². The monoisotopic (exact) mass is 455 g/mol. The predicted molar refractivity (Wildman–Crippen MR) is 131 cm³/mol. The highest BCUT2D eigenvalue weighted by molar-refractivity contribution is 7.99. The van der Waals surface area contributed by atoms with Crippen molar-refractivity contribution in [3.05, 3.63) is 100 Å². The first kappa shape index (κ1) is 22.8. The van der Waals surface area contributed by atoms with Gasteiger partial charge in [0.1, 0.15) is 0 Å². The molecule has 0 bridgehead atoms. The lowest BCUT2D eigenvalue weighted by atomic mass is 10.0. The SMILES string of the molecule is Cc1cccc(C)c1SCC#Cc1cccc(C(O)CCN2C(=O)c3ccccc3C2=O)c1. The summed E-state index contributed by atoms with van der Waals surface area (Å²) in [6.45, 7) is 4.38. The van der Waals surface area contributed by atoms with Crippen LogP contribution in [0.4, 0.5) is 0 Å². The summed E-state index contributed by atoms with van der Waals surface area (Å²) in [4.78, 5) is 27.5. The lowest BCUT2D eigenvalue weighted by molar-refractivity contribution is 0.0622. The summed E-state index contributed by atoms with van der Waals surface area (Å²) in [5.41, 5.74) is 4.91. The lowest BCUT2D eigenvalue weighted by Crippen LogP contribution is -2.31. The van der Waals surface area contributed by atoms with Crippen LogP contribution in [-0.2, 0) is 0 Å². The molecule has 3 aromatic carbocycles. The van der Waals surface area contributed by atoms with Gasteiger partial charge < -0.3 is 5.11 Å². The highest BCUT2D eigenvalue weighted by Gasteiger charge is 2.35. The van der Waals surface area contributed by atoms with E-state index >= 15 is 0 Å². The topological polar surface area (TPSA) is 57.6 Å². The smallest absolute Gasteiger partial charge is 0.261 e. The molecule has 1 heterocycles. The van der Waals surface area contributed by atoms with E-state index in [-0.39, 0.29) is 24.8 Å². The molecule has 0 spiro atoms. The van der Waals surface area contributed by atoms with E-state index in [1.165, 1.54) is 20.9 Å². The molecule has 0 fully saturated rings. The summed E-state index contributed by atoms with van der Waals surface area (Å²) in [6.07, 6.45) is -0.523. The molecule has 1 aliphatic rings. The first-order chi connectivity index (χ1) is 16.0. The van der Waals surface area contributed by atoms with Gasteiger partial charge in [0.05, 0.1) is 23.0 Å². The first-order valence-corrected chi connectivity index (χ1v) is 11.9. The second kappa shape index (κ2) is 10.1. The Hall–Kier alpha value is -3.33. The predicted octanol–water partition coefficient (Wildman–Crippen LogP) is 5.17. The number of fused-ring (bicyclic) bond motifs is 1. The van der Waals surface area contributed by atoms with Crippen LogP contribution in [0.2, 0.25) is 0 Å². The Bertz CT molecular complexity index is 1220. The van der Waals surface area contributed by atoms with Crippen molar-refractivity contribution in [1.29, 1.82) is 0 Å². The van der Waals surface area contributed by atoms with E-state index < -0.39 is 6.10 Å². The molecule has 2 amide bonds. The lowest BCUT2D eigenvalue weighted by Gasteiger charge is -2.17. The Kier molecular flexibility index (Phi) is 6.98. The zero-order valence-corrected chi connectivity index (χ0v) is 19.5. The quantitative estimate of drug-likeness (QED) is 0.317. The molecule has 0 radical (unpaired) electrons. The Labute approximate surface area is 198 Å². The molecule has 1 N–H and O–H groups in total. The van der Waals surface area contributed by atoms with Crippen LogP contribution in [0, 0.1) is 25.7 Å². The van der Waals surface area contributed by atoms with E-state index in [1.54, 1.807) is 36.0 Å². The fraction of sp³-hybridized carbons (Fsp3) is 0.214. The molecular weight excluding hydrogens is 430 g/mol. The maximum absolute atomic E-state index is 12.5. The van der Waals surface area contributed by atoms with Crippen molar-refractivity contribution in [3.63, 3.8) is 0 Å². The van der Waals surface area contributed by atoms with Gasteiger partial charge in [-0.25, -0.2) is 0 Å². The van der Waals surface area contributed by atoms with E-state index in [1.807, 2.05) is 24.3 Å². The minimum Gasteiger partial charge on any atom is -0.388 e. The average Bonchev–Trinajstić information content (AvgIpc) is 3.06.